The summed E-state index contributed by atoms with van der Waals surface area (Å²) in [4.78, 5) is 30.9. The van der Waals surface area contributed by atoms with Crippen LogP contribution < -0.4 is 26.7 Å². The molecule has 0 aromatic carbocycles. The number of fused-ring (bicyclic) bond motifs is 2. The van der Waals surface area contributed by atoms with E-state index >= 15 is 0 Å². The van der Waals surface area contributed by atoms with Gasteiger partial charge in [-0.05, 0) is 31.0 Å². The highest BCUT2D eigenvalue weighted by Gasteiger charge is 2.17. The zero-order valence-electron chi connectivity index (χ0n) is 19.1. The number of ether oxygens (including phenoxy) is 1. The fourth-order valence-corrected chi connectivity index (χ4v) is 4.24. The van der Waals surface area contributed by atoms with E-state index in [-0.39, 0.29) is 23.9 Å². The third kappa shape index (κ3) is 5.40. The Kier molecular flexibility index (Phi) is 7.49. The fourth-order valence-electron chi connectivity index (χ4n) is 4.24. The number of hydrogen-bond acceptors (Lipinski definition) is 7. The number of nitrogens with one attached hydrogen (secondary N) is 2. The number of aromatic nitrogens is 3. The molecule has 10 heteroatoms. The fraction of sp³-hybridized carbons (Fsp3) is 0.417. The Morgan fingerprint density at radius 1 is 1.21 bits per heavy atom. The van der Waals surface area contributed by atoms with Crippen molar-refractivity contribution in [1.82, 2.24) is 19.9 Å². The Labute approximate surface area is 196 Å². The zero-order valence-corrected chi connectivity index (χ0v) is 19.1. The van der Waals surface area contributed by atoms with Gasteiger partial charge < -0.3 is 25.7 Å². The number of rotatable bonds is 4. The standard InChI is InChI=1S/C16H20FN3O.C8H9N3O2/c1-20-15(21)8-7-14-16(20)12(13(17)10-19-14)9-18-11-5-3-2-4-6-11;9-3-5-1-2-6-8(10-5)11-7(12)4-13-6/h7-8,10-11,18H,2-6,9H2,1H3;1-2H,3-4,9H2,(H,10,11,12). The SMILES string of the molecule is Cn1c(=O)ccc2ncc(F)c(CNC3CCCCC3)c21.NCc1ccc2c(n1)NC(=O)CO2. The lowest BCUT2D eigenvalue weighted by molar-refractivity contribution is -0.118. The molecule has 4 heterocycles. The van der Waals surface area contributed by atoms with Crippen LogP contribution in [-0.4, -0.2) is 33.1 Å². The monoisotopic (exact) mass is 468 g/mol. The topological polar surface area (TPSA) is 124 Å². The summed E-state index contributed by atoms with van der Waals surface area (Å²) in [6.45, 7) is 0.840. The molecule has 2 aliphatic rings. The van der Waals surface area contributed by atoms with Crippen LogP contribution in [0.5, 0.6) is 5.75 Å². The highest BCUT2D eigenvalue weighted by molar-refractivity contribution is 5.94. The lowest BCUT2D eigenvalue weighted by atomic mass is 9.95. The molecule has 1 saturated carbocycles. The second kappa shape index (κ2) is 10.7. The van der Waals surface area contributed by atoms with Crippen LogP contribution in [0.2, 0.25) is 0 Å². The largest absolute Gasteiger partial charge is 0.480 e. The van der Waals surface area contributed by atoms with E-state index < -0.39 is 0 Å². The van der Waals surface area contributed by atoms with E-state index in [0.29, 0.717) is 47.3 Å². The summed E-state index contributed by atoms with van der Waals surface area (Å²) in [6, 6.07) is 7.09. The minimum absolute atomic E-state index is 0.0522. The molecule has 4 N–H and O–H groups in total. The number of pyridine rings is 3. The summed E-state index contributed by atoms with van der Waals surface area (Å²) in [6.07, 6.45) is 7.28. The number of nitrogens with two attached hydrogens (primary N) is 1. The third-order valence-corrected chi connectivity index (χ3v) is 6.10. The van der Waals surface area contributed by atoms with Gasteiger partial charge in [0.2, 0.25) is 0 Å². The van der Waals surface area contributed by atoms with Crippen molar-refractivity contribution in [2.75, 3.05) is 11.9 Å². The molecule has 1 amide bonds. The Balaban J connectivity index is 0.000000180. The molecule has 34 heavy (non-hydrogen) atoms. The number of aryl methyl sites for hydroxylation is 1. The summed E-state index contributed by atoms with van der Waals surface area (Å²) >= 11 is 0. The average molecular weight is 469 g/mol. The van der Waals surface area contributed by atoms with Crippen LogP contribution >= 0.6 is 0 Å². The maximum Gasteiger partial charge on any atom is 0.263 e. The molecule has 0 spiro atoms. The Bertz CT molecular complexity index is 1240. The molecular weight excluding hydrogens is 439 g/mol. The van der Waals surface area contributed by atoms with Gasteiger partial charge in [0.1, 0.15) is 5.82 Å². The molecule has 0 radical (unpaired) electrons. The van der Waals surface area contributed by atoms with Crippen LogP contribution in [0.15, 0.2) is 35.3 Å². The molecule has 0 bridgehead atoms. The first-order valence-corrected chi connectivity index (χ1v) is 11.5. The number of amides is 1. The normalized spacial score (nSPS) is 15.7. The molecule has 5 rings (SSSR count). The molecule has 180 valence electrons. The van der Waals surface area contributed by atoms with Gasteiger partial charge >= 0.3 is 0 Å². The number of carbonyl (C=O) groups excluding carboxylic acids is 1. The van der Waals surface area contributed by atoms with Crippen molar-refractivity contribution in [2.45, 2.75) is 51.2 Å². The lowest BCUT2D eigenvalue weighted by Crippen LogP contribution is -2.31. The maximum atomic E-state index is 14.2. The summed E-state index contributed by atoms with van der Waals surface area (Å²) in [5, 5.41) is 6.04. The minimum Gasteiger partial charge on any atom is -0.480 e. The summed E-state index contributed by atoms with van der Waals surface area (Å²) in [7, 11) is 1.66. The van der Waals surface area contributed by atoms with Crippen molar-refractivity contribution in [3.05, 3.63) is 57.9 Å². The molecule has 1 fully saturated rings. The van der Waals surface area contributed by atoms with Crippen molar-refractivity contribution < 1.29 is 13.9 Å². The van der Waals surface area contributed by atoms with Gasteiger partial charge in [-0.3, -0.25) is 14.6 Å². The van der Waals surface area contributed by atoms with Crippen molar-refractivity contribution in [3.8, 4) is 5.75 Å². The van der Waals surface area contributed by atoms with Gasteiger partial charge in [-0.1, -0.05) is 19.3 Å². The van der Waals surface area contributed by atoms with E-state index in [1.165, 1.54) is 36.1 Å². The average Bonchev–Trinajstić information content (AvgIpc) is 2.86. The smallest absolute Gasteiger partial charge is 0.263 e. The second-order valence-electron chi connectivity index (χ2n) is 8.46. The van der Waals surface area contributed by atoms with Crippen molar-refractivity contribution in [2.24, 2.45) is 12.8 Å². The van der Waals surface area contributed by atoms with Crippen LogP contribution in [0.3, 0.4) is 0 Å². The predicted octanol–water partition coefficient (Wildman–Crippen LogP) is 2.37. The highest BCUT2D eigenvalue weighted by atomic mass is 19.1. The molecule has 3 aromatic rings. The van der Waals surface area contributed by atoms with E-state index in [1.807, 2.05) is 0 Å². The molecule has 0 saturated heterocycles. The zero-order chi connectivity index (χ0) is 24.1. The van der Waals surface area contributed by atoms with Crippen molar-refractivity contribution in [1.29, 1.82) is 0 Å². The van der Waals surface area contributed by atoms with E-state index in [9.17, 15) is 14.0 Å². The first kappa shape index (κ1) is 23.8. The number of hydrogen-bond donors (Lipinski definition) is 3. The van der Waals surface area contributed by atoms with Crippen LogP contribution in [0.25, 0.3) is 11.0 Å². The number of carbonyl (C=O) groups is 1. The first-order valence-electron chi connectivity index (χ1n) is 11.5. The number of anilines is 1. The minimum atomic E-state index is -0.355. The summed E-state index contributed by atoms with van der Waals surface area (Å²) in [5.41, 5.74) is 7.76. The Morgan fingerprint density at radius 3 is 2.76 bits per heavy atom. The van der Waals surface area contributed by atoms with Gasteiger partial charge in [-0.15, -0.1) is 0 Å². The van der Waals surface area contributed by atoms with Crippen LogP contribution in [-0.2, 0) is 24.9 Å². The molecule has 0 atom stereocenters. The van der Waals surface area contributed by atoms with Gasteiger partial charge in [-0.2, -0.15) is 0 Å². The van der Waals surface area contributed by atoms with E-state index in [4.69, 9.17) is 10.5 Å². The third-order valence-electron chi connectivity index (χ3n) is 6.10. The van der Waals surface area contributed by atoms with Crippen LogP contribution in [0, 0.1) is 5.82 Å². The molecule has 0 unspecified atom stereocenters. The van der Waals surface area contributed by atoms with Gasteiger partial charge in [-0.25, -0.2) is 9.37 Å². The van der Waals surface area contributed by atoms with Crippen molar-refractivity contribution in [3.63, 3.8) is 0 Å². The lowest BCUT2D eigenvalue weighted by Gasteiger charge is -2.23. The van der Waals surface area contributed by atoms with E-state index in [2.05, 4.69) is 20.6 Å². The summed E-state index contributed by atoms with van der Waals surface area (Å²) in [5.74, 6) is 0.511. The Morgan fingerprint density at radius 2 is 2.00 bits per heavy atom. The second-order valence-corrected chi connectivity index (χ2v) is 8.46. The van der Waals surface area contributed by atoms with Gasteiger partial charge in [0.15, 0.2) is 18.2 Å². The van der Waals surface area contributed by atoms with Gasteiger partial charge in [0.25, 0.3) is 11.5 Å². The van der Waals surface area contributed by atoms with E-state index in [0.717, 1.165) is 18.5 Å². The first-order chi connectivity index (χ1) is 16.5. The van der Waals surface area contributed by atoms with Crippen molar-refractivity contribution >= 4 is 22.8 Å². The quantitative estimate of drug-likeness (QED) is 0.537. The Hall–Kier alpha value is -3.37. The van der Waals surface area contributed by atoms with Crippen LogP contribution in [0.4, 0.5) is 10.2 Å². The highest BCUT2D eigenvalue weighted by Crippen LogP contribution is 2.25. The predicted molar refractivity (Wildman–Crippen MR) is 127 cm³/mol. The molecule has 1 aliphatic heterocycles. The molecule has 9 nitrogen and oxygen atoms in total. The number of nitrogens with zero attached hydrogens (tertiary/aromatic N) is 3. The van der Waals surface area contributed by atoms with Gasteiger partial charge in [0.05, 0.1) is 22.9 Å². The molecule has 1 aliphatic carbocycles. The number of halogens is 1. The maximum absolute atomic E-state index is 14.2. The molecule has 3 aromatic heterocycles. The summed E-state index contributed by atoms with van der Waals surface area (Å²) < 4.78 is 20.8. The van der Waals surface area contributed by atoms with Gasteiger partial charge in [0, 0.05) is 37.8 Å². The molecular formula is C24H29FN6O3. The van der Waals surface area contributed by atoms with Crippen LogP contribution in [0.1, 0.15) is 43.4 Å². The van der Waals surface area contributed by atoms with E-state index in [1.54, 1.807) is 25.2 Å².